The molecular formula is C29H33F3N6O3. The number of likely N-dealkylation sites (N-methyl/N-ethyl adjacent to an activating group) is 1. The molecule has 4 heterocycles. The van der Waals surface area contributed by atoms with Crippen molar-refractivity contribution in [2.45, 2.75) is 32.4 Å². The Morgan fingerprint density at radius 3 is 2.61 bits per heavy atom. The van der Waals surface area contributed by atoms with Gasteiger partial charge in [-0.3, -0.25) is 9.59 Å². The SMILES string of the molecule is C[C@H]1CN(c2ccc(-c3cc(NC(=O)c4c[nH]c(=O)cc4C(F)F)c(N4CCN(C)[C@@H](C)C4)cc3F)cn2)CCO1. The second-order valence-corrected chi connectivity index (χ2v) is 10.6. The molecule has 2 saturated heterocycles. The molecular weight excluding hydrogens is 537 g/mol. The van der Waals surface area contributed by atoms with Gasteiger partial charge in [0.05, 0.1) is 29.6 Å². The number of amides is 1. The van der Waals surface area contributed by atoms with Gasteiger partial charge in [-0.25, -0.2) is 18.2 Å². The third kappa shape index (κ3) is 6.23. The zero-order chi connectivity index (χ0) is 29.3. The Kier molecular flexibility index (Phi) is 8.32. The molecule has 3 aromatic rings. The minimum Gasteiger partial charge on any atom is -0.375 e. The van der Waals surface area contributed by atoms with Gasteiger partial charge in [-0.05, 0) is 45.2 Å². The number of anilines is 3. The average molecular weight is 571 g/mol. The molecule has 218 valence electrons. The predicted octanol–water partition coefficient (Wildman–Crippen LogP) is 4.13. The Balaban J connectivity index is 1.51. The minimum absolute atomic E-state index is 0.0757. The van der Waals surface area contributed by atoms with E-state index < -0.39 is 29.3 Å². The zero-order valence-corrected chi connectivity index (χ0v) is 23.2. The standard InChI is InChI=1S/C29H33F3N6O3/c1-17-15-37(7-6-36(17)3)25-12-23(30)20(19-4-5-26(33-13-19)38-8-9-41-18(2)16-38)10-24(25)35-29(40)22-14-34-27(39)11-21(22)28(31)32/h4-5,10-14,17-18,28H,6-9,15-16H2,1-3H3,(H,34,39)(H,35,40)/t17-,18-/m0/s1. The van der Waals surface area contributed by atoms with Gasteiger partial charge in [0.1, 0.15) is 11.6 Å². The lowest BCUT2D eigenvalue weighted by Crippen LogP contribution is -2.50. The fourth-order valence-corrected chi connectivity index (χ4v) is 5.23. The van der Waals surface area contributed by atoms with Gasteiger partial charge in [-0.15, -0.1) is 0 Å². The van der Waals surface area contributed by atoms with E-state index in [2.05, 4.69) is 25.1 Å². The number of morpholine rings is 1. The van der Waals surface area contributed by atoms with Crippen molar-refractivity contribution in [3.63, 3.8) is 0 Å². The Bertz CT molecular complexity index is 1470. The number of rotatable bonds is 6. The van der Waals surface area contributed by atoms with E-state index in [1.165, 1.54) is 12.1 Å². The fourth-order valence-electron chi connectivity index (χ4n) is 5.23. The molecule has 0 radical (unpaired) electrons. The van der Waals surface area contributed by atoms with E-state index in [0.29, 0.717) is 50.1 Å². The van der Waals surface area contributed by atoms with Gasteiger partial charge in [-0.1, -0.05) is 0 Å². The number of hydrogen-bond acceptors (Lipinski definition) is 7. The Labute approximate surface area is 235 Å². The van der Waals surface area contributed by atoms with E-state index in [9.17, 15) is 18.4 Å². The molecule has 12 heteroatoms. The smallest absolute Gasteiger partial charge is 0.264 e. The van der Waals surface area contributed by atoms with Crippen LogP contribution in [0.2, 0.25) is 0 Å². The molecule has 2 aromatic heterocycles. The molecule has 0 aliphatic carbocycles. The summed E-state index contributed by atoms with van der Waals surface area (Å²) in [5.41, 5.74) is -0.380. The van der Waals surface area contributed by atoms with E-state index in [4.69, 9.17) is 4.74 Å². The lowest BCUT2D eigenvalue weighted by molar-refractivity contribution is 0.0529. The number of piperazine rings is 1. The highest BCUT2D eigenvalue weighted by Gasteiger charge is 2.27. The maximum absolute atomic E-state index is 15.7. The van der Waals surface area contributed by atoms with Crippen LogP contribution in [0.4, 0.5) is 30.4 Å². The second-order valence-electron chi connectivity index (χ2n) is 10.6. The topological polar surface area (TPSA) is 93.8 Å². The van der Waals surface area contributed by atoms with E-state index >= 15 is 4.39 Å². The summed E-state index contributed by atoms with van der Waals surface area (Å²) in [5.74, 6) is -0.595. The van der Waals surface area contributed by atoms with Crippen molar-refractivity contribution in [3.05, 3.63) is 70.0 Å². The number of pyridine rings is 2. The largest absolute Gasteiger partial charge is 0.375 e. The molecule has 0 unspecified atom stereocenters. The number of carbonyl (C=O) groups is 1. The van der Waals surface area contributed by atoms with E-state index in [-0.39, 0.29) is 29.0 Å². The van der Waals surface area contributed by atoms with Gasteiger partial charge >= 0.3 is 0 Å². The van der Waals surface area contributed by atoms with Crippen molar-refractivity contribution in [3.8, 4) is 11.1 Å². The minimum atomic E-state index is -3.03. The van der Waals surface area contributed by atoms with Crippen molar-refractivity contribution < 1.29 is 22.7 Å². The molecule has 1 amide bonds. The predicted molar refractivity (Wildman–Crippen MR) is 152 cm³/mol. The van der Waals surface area contributed by atoms with Gasteiger partial charge in [0, 0.05) is 73.9 Å². The number of benzene rings is 1. The van der Waals surface area contributed by atoms with Gasteiger partial charge in [0.25, 0.3) is 12.3 Å². The van der Waals surface area contributed by atoms with Gasteiger partial charge < -0.3 is 29.7 Å². The maximum atomic E-state index is 15.7. The number of hydrogen-bond donors (Lipinski definition) is 2. The lowest BCUT2D eigenvalue weighted by atomic mass is 10.0. The lowest BCUT2D eigenvalue weighted by Gasteiger charge is -2.39. The van der Waals surface area contributed by atoms with Crippen molar-refractivity contribution in [2.24, 2.45) is 0 Å². The number of nitrogens with one attached hydrogen (secondary N) is 2. The van der Waals surface area contributed by atoms with E-state index in [0.717, 1.165) is 18.6 Å². The first-order valence-electron chi connectivity index (χ1n) is 13.5. The molecule has 0 spiro atoms. The molecule has 0 saturated carbocycles. The van der Waals surface area contributed by atoms with Gasteiger partial charge in [0.15, 0.2) is 0 Å². The third-order valence-corrected chi connectivity index (χ3v) is 7.69. The number of aromatic amines is 1. The summed E-state index contributed by atoms with van der Waals surface area (Å²) in [4.78, 5) is 38.0. The normalized spacial score (nSPS) is 20.0. The number of alkyl halides is 2. The van der Waals surface area contributed by atoms with Crippen LogP contribution >= 0.6 is 0 Å². The number of carbonyl (C=O) groups excluding carboxylic acids is 1. The van der Waals surface area contributed by atoms with Crippen LogP contribution in [0.1, 0.15) is 36.2 Å². The number of H-pyrrole nitrogens is 1. The van der Waals surface area contributed by atoms with Crippen LogP contribution in [0.25, 0.3) is 11.1 Å². The first-order chi connectivity index (χ1) is 19.6. The molecule has 2 aliphatic heterocycles. The monoisotopic (exact) mass is 570 g/mol. The summed E-state index contributed by atoms with van der Waals surface area (Å²) in [7, 11) is 2.00. The highest BCUT2D eigenvalue weighted by Crippen LogP contribution is 2.36. The summed E-state index contributed by atoms with van der Waals surface area (Å²) in [5, 5.41) is 2.71. The highest BCUT2D eigenvalue weighted by atomic mass is 19.3. The molecule has 9 nitrogen and oxygen atoms in total. The van der Waals surface area contributed by atoms with Crippen molar-refractivity contribution >= 4 is 23.1 Å². The Hall–Kier alpha value is -3.90. The van der Waals surface area contributed by atoms with Crippen molar-refractivity contribution in [1.82, 2.24) is 14.9 Å². The molecule has 5 rings (SSSR count). The average Bonchev–Trinajstić information content (AvgIpc) is 2.95. The number of halogens is 3. The molecule has 2 fully saturated rings. The highest BCUT2D eigenvalue weighted by molar-refractivity contribution is 6.07. The summed E-state index contributed by atoms with van der Waals surface area (Å²) >= 11 is 0. The fraction of sp³-hybridized carbons (Fsp3) is 0.414. The second kappa shape index (κ2) is 11.9. The van der Waals surface area contributed by atoms with Crippen LogP contribution in [-0.2, 0) is 4.74 Å². The molecule has 2 N–H and O–H groups in total. The van der Waals surface area contributed by atoms with E-state index in [1.807, 2.05) is 31.9 Å². The molecule has 2 aliphatic rings. The van der Waals surface area contributed by atoms with Crippen molar-refractivity contribution in [2.75, 3.05) is 61.5 Å². The number of nitrogens with zero attached hydrogens (tertiary/aromatic N) is 4. The van der Waals surface area contributed by atoms with Crippen LogP contribution in [0.15, 0.2) is 47.5 Å². The summed E-state index contributed by atoms with van der Waals surface area (Å²) in [6.45, 7) is 7.91. The molecule has 0 bridgehead atoms. The van der Waals surface area contributed by atoms with Crippen LogP contribution in [0.5, 0.6) is 0 Å². The summed E-state index contributed by atoms with van der Waals surface area (Å²) in [6, 6.07) is 7.33. The molecule has 41 heavy (non-hydrogen) atoms. The Morgan fingerprint density at radius 1 is 1.12 bits per heavy atom. The quantitative estimate of drug-likeness (QED) is 0.460. The first-order valence-corrected chi connectivity index (χ1v) is 13.5. The van der Waals surface area contributed by atoms with Gasteiger partial charge in [0.2, 0.25) is 5.56 Å². The number of ether oxygens (including phenoxy) is 1. The van der Waals surface area contributed by atoms with Gasteiger partial charge in [-0.2, -0.15) is 0 Å². The number of aromatic nitrogens is 2. The Morgan fingerprint density at radius 2 is 1.93 bits per heavy atom. The molecule has 2 atom stereocenters. The van der Waals surface area contributed by atoms with Crippen LogP contribution in [-0.4, -0.2) is 79.3 Å². The molecule has 1 aromatic carbocycles. The first kappa shape index (κ1) is 28.6. The summed E-state index contributed by atoms with van der Waals surface area (Å²) < 4.78 is 48.6. The van der Waals surface area contributed by atoms with Crippen LogP contribution in [0.3, 0.4) is 0 Å². The zero-order valence-electron chi connectivity index (χ0n) is 23.2. The third-order valence-electron chi connectivity index (χ3n) is 7.69. The summed E-state index contributed by atoms with van der Waals surface area (Å²) in [6.07, 6.45) is -0.407. The maximum Gasteiger partial charge on any atom is 0.264 e. The van der Waals surface area contributed by atoms with Crippen LogP contribution in [0, 0.1) is 5.82 Å². The van der Waals surface area contributed by atoms with Crippen LogP contribution < -0.4 is 20.7 Å². The van der Waals surface area contributed by atoms with E-state index in [1.54, 1.807) is 12.3 Å². The van der Waals surface area contributed by atoms with Crippen molar-refractivity contribution in [1.29, 1.82) is 0 Å².